The molecule has 0 aromatic heterocycles. The van der Waals surface area contributed by atoms with Gasteiger partial charge >= 0.3 is 0 Å². The molecule has 2 aromatic rings. The molecule has 0 saturated carbocycles. The normalized spacial score (nSPS) is 21.2. The van der Waals surface area contributed by atoms with Gasteiger partial charge < -0.3 is 9.64 Å². The highest BCUT2D eigenvalue weighted by Crippen LogP contribution is 2.36. The first kappa shape index (κ1) is 17.9. The van der Waals surface area contributed by atoms with Crippen LogP contribution < -0.4 is 0 Å². The molecule has 2 aromatic carbocycles. The molecule has 1 aliphatic rings. The maximum absolute atomic E-state index is 13.3. The Kier molecular flexibility index (Phi) is 5.40. The lowest BCUT2D eigenvalue weighted by atomic mass is 9.89. The minimum atomic E-state index is -0.592. The molecule has 1 aliphatic heterocycles. The van der Waals surface area contributed by atoms with Crippen LogP contribution in [0.2, 0.25) is 0 Å². The van der Waals surface area contributed by atoms with E-state index in [2.05, 4.69) is 52.7 Å². The van der Waals surface area contributed by atoms with Crippen LogP contribution in [0.25, 0.3) is 0 Å². The first-order chi connectivity index (χ1) is 12.0. The zero-order chi connectivity index (χ0) is 17.9. The molecule has 0 spiro atoms. The predicted molar refractivity (Wildman–Crippen MR) is 102 cm³/mol. The fourth-order valence-corrected chi connectivity index (χ4v) is 3.31. The molecule has 3 rings (SSSR count). The van der Waals surface area contributed by atoms with Crippen molar-refractivity contribution in [2.45, 2.75) is 25.0 Å². The average Bonchev–Trinajstić information content (AvgIpc) is 2.63. The average molecular weight is 402 g/mol. The summed E-state index contributed by atoms with van der Waals surface area (Å²) in [5.74, 6) is -0.247. The predicted octanol–water partition coefficient (Wildman–Crippen LogP) is 5.92. The van der Waals surface area contributed by atoms with Crippen LogP contribution in [0.3, 0.4) is 0 Å². The maximum atomic E-state index is 13.3. The first-order valence-corrected chi connectivity index (χ1v) is 9.05. The van der Waals surface area contributed by atoms with Crippen LogP contribution in [0.1, 0.15) is 30.5 Å². The molecule has 0 amide bonds. The lowest BCUT2D eigenvalue weighted by Crippen LogP contribution is -2.38. The number of hydrogen-bond acceptors (Lipinski definition) is 2. The van der Waals surface area contributed by atoms with Crippen molar-refractivity contribution in [1.82, 2.24) is 4.90 Å². The Morgan fingerprint density at radius 1 is 1.24 bits per heavy atom. The van der Waals surface area contributed by atoms with E-state index >= 15 is 0 Å². The highest BCUT2D eigenvalue weighted by Gasteiger charge is 2.33. The lowest BCUT2D eigenvalue weighted by Gasteiger charge is -2.40. The molecule has 0 saturated heterocycles. The topological polar surface area (TPSA) is 12.5 Å². The number of ether oxygens (including phenoxy) is 1. The van der Waals surface area contributed by atoms with Gasteiger partial charge in [-0.2, -0.15) is 0 Å². The molecule has 2 atom stereocenters. The minimum Gasteiger partial charge on any atom is -0.348 e. The molecule has 25 heavy (non-hydrogen) atoms. The van der Waals surface area contributed by atoms with E-state index in [1.54, 1.807) is 12.1 Å². The van der Waals surface area contributed by atoms with Gasteiger partial charge in [0.05, 0.1) is 6.04 Å². The van der Waals surface area contributed by atoms with E-state index in [4.69, 9.17) is 4.74 Å². The fourth-order valence-electron chi connectivity index (χ4n) is 3.04. The van der Waals surface area contributed by atoms with E-state index < -0.39 is 5.60 Å². The lowest BCUT2D eigenvalue weighted by molar-refractivity contribution is -0.0808. The molecule has 0 N–H and O–H groups in total. The van der Waals surface area contributed by atoms with Crippen LogP contribution in [0.4, 0.5) is 4.39 Å². The SMILES string of the molecule is C=CC[C@@]1(c2ccc(F)cc2)C=CN([C@@H](C)c2ccc(Br)cc2)CO1. The Morgan fingerprint density at radius 2 is 1.92 bits per heavy atom. The Morgan fingerprint density at radius 3 is 2.48 bits per heavy atom. The van der Waals surface area contributed by atoms with Gasteiger partial charge in [0.1, 0.15) is 18.1 Å². The van der Waals surface area contributed by atoms with Gasteiger partial charge in [0.15, 0.2) is 0 Å². The molecule has 130 valence electrons. The van der Waals surface area contributed by atoms with Crippen molar-refractivity contribution in [2.75, 3.05) is 6.73 Å². The van der Waals surface area contributed by atoms with Gasteiger partial charge in [-0.05, 0) is 48.4 Å². The summed E-state index contributed by atoms with van der Waals surface area (Å²) in [6.45, 7) is 6.45. The van der Waals surface area contributed by atoms with Crippen LogP contribution >= 0.6 is 15.9 Å². The molecular formula is C21H21BrFNO. The summed E-state index contributed by atoms with van der Waals surface area (Å²) in [6, 6.07) is 15.0. The second-order valence-corrected chi connectivity index (χ2v) is 7.14. The van der Waals surface area contributed by atoms with Crippen molar-refractivity contribution in [3.63, 3.8) is 0 Å². The van der Waals surface area contributed by atoms with Crippen LogP contribution in [0.5, 0.6) is 0 Å². The Balaban J connectivity index is 1.84. The van der Waals surface area contributed by atoms with E-state index in [0.29, 0.717) is 13.2 Å². The van der Waals surface area contributed by atoms with Crippen molar-refractivity contribution in [3.8, 4) is 0 Å². The van der Waals surface area contributed by atoms with Crippen molar-refractivity contribution < 1.29 is 9.13 Å². The number of rotatable bonds is 5. The van der Waals surface area contributed by atoms with E-state index in [1.165, 1.54) is 17.7 Å². The van der Waals surface area contributed by atoms with Crippen molar-refractivity contribution in [2.24, 2.45) is 0 Å². The van der Waals surface area contributed by atoms with Crippen LogP contribution in [0, 0.1) is 5.82 Å². The molecule has 0 bridgehead atoms. The van der Waals surface area contributed by atoms with E-state index in [0.717, 1.165) is 10.0 Å². The molecule has 0 radical (unpaired) electrons. The maximum Gasteiger partial charge on any atom is 0.123 e. The zero-order valence-corrected chi connectivity index (χ0v) is 15.7. The van der Waals surface area contributed by atoms with Gasteiger partial charge in [-0.1, -0.05) is 46.3 Å². The largest absolute Gasteiger partial charge is 0.348 e. The van der Waals surface area contributed by atoms with Crippen molar-refractivity contribution >= 4 is 15.9 Å². The monoisotopic (exact) mass is 401 g/mol. The smallest absolute Gasteiger partial charge is 0.123 e. The number of nitrogens with zero attached hydrogens (tertiary/aromatic N) is 1. The van der Waals surface area contributed by atoms with E-state index in [1.807, 2.05) is 24.3 Å². The standard InChI is InChI=1S/C21H21BrFNO/c1-3-12-21(18-6-10-20(23)11-7-18)13-14-24(15-25-21)16(2)17-4-8-19(22)9-5-17/h3-11,13-14,16H,1,12,15H2,2H3/t16-,21-/m0/s1. The Hall–Kier alpha value is -1.91. The van der Waals surface area contributed by atoms with E-state index in [-0.39, 0.29) is 11.9 Å². The van der Waals surface area contributed by atoms with Crippen molar-refractivity contribution in [1.29, 1.82) is 0 Å². The van der Waals surface area contributed by atoms with Gasteiger partial charge in [0.2, 0.25) is 0 Å². The molecule has 1 heterocycles. The molecular weight excluding hydrogens is 381 g/mol. The molecule has 0 aliphatic carbocycles. The van der Waals surface area contributed by atoms with Crippen molar-refractivity contribution in [3.05, 3.63) is 94.9 Å². The second-order valence-electron chi connectivity index (χ2n) is 6.22. The van der Waals surface area contributed by atoms with Crippen LogP contribution in [0.15, 0.2) is 77.9 Å². The summed E-state index contributed by atoms with van der Waals surface area (Å²) in [7, 11) is 0. The molecule has 2 nitrogen and oxygen atoms in total. The summed E-state index contributed by atoms with van der Waals surface area (Å²) in [5, 5.41) is 0. The quantitative estimate of drug-likeness (QED) is 0.576. The summed E-state index contributed by atoms with van der Waals surface area (Å²) >= 11 is 3.47. The number of halogens is 2. The second kappa shape index (κ2) is 7.54. The molecule has 0 unspecified atom stereocenters. The molecule has 4 heteroatoms. The Bertz CT molecular complexity index is 756. The summed E-state index contributed by atoms with van der Waals surface area (Å²) < 4.78 is 20.6. The summed E-state index contributed by atoms with van der Waals surface area (Å²) in [5.41, 5.74) is 1.56. The highest BCUT2D eigenvalue weighted by atomic mass is 79.9. The summed E-state index contributed by atoms with van der Waals surface area (Å²) in [4.78, 5) is 2.15. The molecule has 0 fully saturated rings. The van der Waals surface area contributed by atoms with Gasteiger partial charge in [0.25, 0.3) is 0 Å². The Labute approximate surface area is 156 Å². The highest BCUT2D eigenvalue weighted by molar-refractivity contribution is 9.10. The number of hydrogen-bond donors (Lipinski definition) is 0. The minimum absolute atomic E-state index is 0.194. The van der Waals surface area contributed by atoms with Gasteiger partial charge in [-0.25, -0.2) is 4.39 Å². The van der Waals surface area contributed by atoms with Gasteiger partial charge in [0, 0.05) is 17.1 Å². The van der Waals surface area contributed by atoms with Gasteiger partial charge in [-0.3, -0.25) is 0 Å². The fraction of sp³-hybridized carbons (Fsp3) is 0.238. The van der Waals surface area contributed by atoms with E-state index in [9.17, 15) is 4.39 Å². The first-order valence-electron chi connectivity index (χ1n) is 8.25. The van der Waals surface area contributed by atoms with Crippen LogP contribution in [-0.2, 0) is 10.3 Å². The van der Waals surface area contributed by atoms with Crippen LogP contribution in [-0.4, -0.2) is 11.6 Å². The third kappa shape index (κ3) is 3.86. The van der Waals surface area contributed by atoms with Gasteiger partial charge in [-0.15, -0.1) is 6.58 Å². The number of benzene rings is 2. The zero-order valence-electron chi connectivity index (χ0n) is 14.2. The third-order valence-electron chi connectivity index (χ3n) is 4.64. The summed E-state index contributed by atoms with van der Waals surface area (Å²) in [6.07, 6.45) is 6.58. The third-order valence-corrected chi connectivity index (χ3v) is 5.17.